The molecule has 3 aromatic rings. The van der Waals surface area contributed by atoms with Gasteiger partial charge in [-0.05, 0) is 60.7 Å². The quantitative estimate of drug-likeness (QED) is 0.443. The van der Waals surface area contributed by atoms with Gasteiger partial charge in [0, 0.05) is 30.9 Å². The summed E-state index contributed by atoms with van der Waals surface area (Å²) >= 11 is 0. The van der Waals surface area contributed by atoms with E-state index in [-0.39, 0.29) is 37.4 Å². The summed E-state index contributed by atoms with van der Waals surface area (Å²) in [7, 11) is 0. The van der Waals surface area contributed by atoms with Crippen LogP contribution in [-0.2, 0) is 11.3 Å². The molecule has 0 unspecified atom stereocenters. The molecule has 3 amide bonds. The van der Waals surface area contributed by atoms with Crippen molar-refractivity contribution in [3.05, 3.63) is 77.5 Å². The molecule has 0 spiro atoms. The molecule has 3 aliphatic heterocycles. The van der Waals surface area contributed by atoms with E-state index in [1.54, 1.807) is 47.4 Å². The number of amides is 3. The molecule has 0 radical (unpaired) electrons. The van der Waals surface area contributed by atoms with Crippen LogP contribution in [0.4, 0.5) is 5.82 Å². The fourth-order valence-electron chi connectivity index (χ4n) is 4.79. The lowest BCUT2D eigenvalue weighted by molar-refractivity contribution is -0.123. The SMILES string of the molecule is Nc1ccc(C(=O)N2C[C@@H]3NC(=O)c4cc(cc(OCC5CC5)c4)OCC(=O)NCc4ccc(cc4)O[C@H]3C2)cn1. The maximum atomic E-state index is 13.6. The van der Waals surface area contributed by atoms with Crippen LogP contribution in [0.25, 0.3) is 0 Å². The number of nitrogens with one attached hydrogen (secondary N) is 2. The summed E-state index contributed by atoms with van der Waals surface area (Å²) in [6.07, 6.45) is 3.16. The number of pyridine rings is 1. The summed E-state index contributed by atoms with van der Waals surface area (Å²) < 4.78 is 18.0. The molecule has 2 aromatic carbocycles. The second-order valence-electron chi connectivity index (χ2n) is 10.6. The maximum Gasteiger partial charge on any atom is 0.258 e. The zero-order valence-corrected chi connectivity index (χ0v) is 22.4. The molecular weight excluding hydrogens is 526 g/mol. The highest BCUT2D eigenvalue weighted by Crippen LogP contribution is 2.31. The smallest absolute Gasteiger partial charge is 0.258 e. The second-order valence-corrected chi connectivity index (χ2v) is 10.6. The molecule has 4 N–H and O–H groups in total. The Morgan fingerprint density at radius 2 is 1.88 bits per heavy atom. The van der Waals surface area contributed by atoms with Crippen molar-refractivity contribution in [3.63, 3.8) is 0 Å². The number of nitrogens with zero attached hydrogens (tertiary/aromatic N) is 2. The summed E-state index contributed by atoms with van der Waals surface area (Å²) in [5.74, 6) is 1.35. The van der Waals surface area contributed by atoms with Crippen LogP contribution in [0.5, 0.6) is 17.2 Å². The van der Waals surface area contributed by atoms with E-state index in [0.717, 1.165) is 18.4 Å². The number of nitrogens with two attached hydrogens (primary N) is 1. The number of carbonyl (C=O) groups is 3. The van der Waals surface area contributed by atoms with Crippen LogP contribution in [0.2, 0.25) is 0 Å². The standard InChI is InChI=1S/C30H31N5O6/c31-27-8-5-20(13-32-27)30(38)35-14-25-26(15-35)41-22-6-3-18(4-7-22)12-33-28(36)17-40-24-10-21(29(37)34-25)9-23(11-24)39-16-19-1-2-19/h3-11,13,19,25-26H,1-2,12,14-17H2,(H2,31,32)(H,33,36)(H,34,37)/t25-,26-/m0/s1. The number of likely N-dealkylation sites (tertiary alicyclic amines) is 1. The van der Waals surface area contributed by atoms with Gasteiger partial charge in [0.25, 0.3) is 17.7 Å². The van der Waals surface area contributed by atoms with Gasteiger partial charge in [-0.3, -0.25) is 14.4 Å². The van der Waals surface area contributed by atoms with E-state index >= 15 is 0 Å². The van der Waals surface area contributed by atoms with Gasteiger partial charge in [0.05, 0.1) is 24.8 Å². The van der Waals surface area contributed by atoms with E-state index in [1.807, 2.05) is 12.1 Å². The lowest BCUT2D eigenvalue weighted by Crippen LogP contribution is -2.45. The van der Waals surface area contributed by atoms with Gasteiger partial charge in [-0.15, -0.1) is 0 Å². The second kappa shape index (κ2) is 11.4. The third-order valence-corrected chi connectivity index (χ3v) is 7.30. The highest BCUT2D eigenvalue weighted by atomic mass is 16.5. The van der Waals surface area contributed by atoms with Crippen molar-refractivity contribution in [1.82, 2.24) is 20.5 Å². The van der Waals surface area contributed by atoms with Crippen molar-refractivity contribution in [2.45, 2.75) is 31.5 Å². The fraction of sp³-hybridized carbons (Fsp3) is 0.333. The van der Waals surface area contributed by atoms with Crippen molar-refractivity contribution in [1.29, 1.82) is 0 Å². The Balaban J connectivity index is 1.28. The predicted molar refractivity (Wildman–Crippen MR) is 149 cm³/mol. The Kier molecular flexibility index (Phi) is 7.32. The Morgan fingerprint density at radius 1 is 1.05 bits per heavy atom. The molecule has 4 bridgehead atoms. The Labute approximate surface area is 237 Å². The van der Waals surface area contributed by atoms with Gasteiger partial charge in [-0.2, -0.15) is 0 Å². The van der Waals surface area contributed by atoms with Crippen LogP contribution in [0.3, 0.4) is 0 Å². The van der Waals surface area contributed by atoms with Gasteiger partial charge < -0.3 is 35.5 Å². The molecule has 4 aliphatic rings. The molecule has 1 aromatic heterocycles. The minimum absolute atomic E-state index is 0.212. The van der Waals surface area contributed by atoms with Crippen molar-refractivity contribution in [3.8, 4) is 17.2 Å². The van der Waals surface area contributed by atoms with Crippen LogP contribution in [0, 0.1) is 5.92 Å². The normalized spacial score (nSPS) is 20.6. The average Bonchev–Trinajstić information content (AvgIpc) is 3.74. The number of hydrogen-bond acceptors (Lipinski definition) is 8. The van der Waals surface area contributed by atoms with E-state index in [0.29, 0.717) is 53.3 Å². The van der Waals surface area contributed by atoms with E-state index < -0.39 is 12.1 Å². The summed E-state index contributed by atoms with van der Waals surface area (Å²) in [6, 6.07) is 14.9. The van der Waals surface area contributed by atoms with Gasteiger partial charge >= 0.3 is 0 Å². The first-order valence-electron chi connectivity index (χ1n) is 13.6. The summed E-state index contributed by atoms with van der Waals surface area (Å²) in [5.41, 5.74) is 7.28. The third kappa shape index (κ3) is 6.51. The molecule has 11 nitrogen and oxygen atoms in total. The van der Waals surface area contributed by atoms with Crippen molar-refractivity contribution in [2.24, 2.45) is 5.92 Å². The number of hydrogen-bond donors (Lipinski definition) is 3. The predicted octanol–water partition coefficient (Wildman–Crippen LogP) is 2.16. The van der Waals surface area contributed by atoms with Crippen molar-refractivity contribution < 1.29 is 28.6 Å². The first-order valence-corrected chi connectivity index (χ1v) is 13.6. The first kappa shape index (κ1) is 26.4. The van der Waals surface area contributed by atoms with Gasteiger partial charge in [0.1, 0.15) is 29.2 Å². The zero-order valence-electron chi connectivity index (χ0n) is 22.4. The molecule has 2 atom stereocenters. The number of benzene rings is 2. The van der Waals surface area contributed by atoms with Crippen LogP contribution in [0.15, 0.2) is 60.8 Å². The minimum Gasteiger partial charge on any atom is -0.493 e. The van der Waals surface area contributed by atoms with Gasteiger partial charge in [0.15, 0.2) is 6.61 Å². The maximum absolute atomic E-state index is 13.6. The van der Waals surface area contributed by atoms with E-state index in [4.69, 9.17) is 19.9 Å². The largest absolute Gasteiger partial charge is 0.493 e. The molecular formula is C30H31N5O6. The van der Waals surface area contributed by atoms with Gasteiger partial charge in [0.2, 0.25) is 0 Å². The number of fused-ring (bicyclic) bond motifs is 7. The molecule has 11 heteroatoms. The van der Waals surface area contributed by atoms with Crippen molar-refractivity contribution >= 4 is 23.5 Å². The Bertz CT molecular complexity index is 1440. The van der Waals surface area contributed by atoms with Crippen LogP contribution in [-0.4, -0.2) is 66.1 Å². The number of nitrogen functional groups attached to an aromatic ring is 1. The number of carbonyl (C=O) groups excluding carboxylic acids is 3. The highest BCUT2D eigenvalue weighted by molar-refractivity contribution is 5.96. The van der Waals surface area contributed by atoms with Gasteiger partial charge in [-0.1, -0.05) is 12.1 Å². The van der Waals surface area contributed by atoms with Crippen LogP contribution >= 0.6 is 0 Å². The minimum atomic E-state index is -0.518. The molecule has 41 heavy (non-hydrogen) atoms. The van der Waals surface area contributed by atoms with Crippen LogP contribution in [0.1, 0.15) is 39.1 Å². The lowest BCUT2D eigenvalue weighted by atomic mass is 10.1. The average molecular weight is 558 g/mol. The third-order valence-electron chi connectivity index (χ3n) is 7.30. The van der Waals surface area contributed by atoms with Crippen molar-refractivity contribution in [2.75, 3.05) is 32.0 Å². The number of aromatic nitrogens is 1. The molecule has 4 heterocycles. The summed E-state index contributed by atoms with van der Waals surface area (Å²) in [5, 5.41) is 5.88. The van der Waals surface area contributed by atoms with E-state index in [9.17, 15) is 14.4 Å². The topological polar surface area (TPSA) is 145 Å². The highest BCUT2D eigenvalue weighted by Gasteiger charge is 2.38. The molecule has 212 valence electrons. The molecule has 7 rings (SSSR count). The number of rotatable bonds is 4. The number of anilines is 1. The molecule has 1 saturated heterocycles. The van der Waals surface area contributed by atoms with Crippen LogP contribution < -0.4 is 30.6 Å². The fourth-order valence-corrected chi connectivity index (χ4v) is 4.79. The Hall–Kier alpha value is -4.80. The van der Waals surface area contributed by atoms with Gasteiger partial charge in [-0.25, -0.2) is 4.98 Å². The Morgan fingerprint density at radius 3 is 2.63 bits per heavy atom. The monoisotopic (exact) mass is 557 g/mol. The zero-order chi connectivity index (χ0) is 28.3. The molecule has 2 fully saturated rings. The summed E-state index contributed by atoms with van der Waals surface area (Å²) in [6.45, 7) is 1.15. The van der Waals surface area contributed by atoms with E-state index in [1.165, 1.54) is 6.20 Å². The lowest BCUT2D eigenvalue weighted by Gasteiger charge is -2.21. The first-order chi connectivity index (χ1) is 19.9. The van der Waals surface area contributed by atoms with E-state index in [2.05, 4.69) is 15.6 Å². The molecule has 1 saturated carbocycles. The summed E-state index contributed by atoms with van der Waals surface area (Å²) in [4.78, 5) is 44.9. The number of ether oxygens (including phenoxy) is 3. The molecule has 1 aliphatic carbocycles.